The van der Waals surface area contributed by atoms with Crippen LogP contribution >= 0.6 is 11.3 Å². The van der Waals surface area contributed by atoms with E-state index >= 15 is 0 Å². The molecule has 1 aromatic carbocycles. The van der Waals surface area contributed by atoms with Crippen LogP contribution in [0.5, 0.6) is 11.5 Å². The Hall–Kier alpha value is -2.16. The molecule has 2 aromatic rings. The van der Waals surface area contributed by atoms with E-state index in [1.54, 1.807) is 20.3 Å². The Balaban J connectivity index is 1.63. The molecule has 0 unspecified atom stereocenters. The van der Waals surface area contributed by atoms with E-state index in [-0.39, 0.29) is 12.0 Å². The number of hydrogen-bond donors (Lipinski definition) is 2. The lowest BCUT2D eigenvalue weighted by Crippen LogP contribution is -2.40. The number of ether oxygens (including phenoxy) is 2. The largest absolute Gasteiger partial charge is 0.497 e. The maximum Gasteiger partial charge on any atom is 0.240 e. The second kappa shape index (κ2) is 8.48. The SMILES string of the molecule is COc1ccc(-c2csc(NC(=O)CN3CCC(O)CC3)n2)c(OC)c1. The van der Waals surface area contributed by atoms with Crippen LogP contribution in [0.3, 0.4) is 0 Å². The van der Waals surface area contributed by atoms with Crippen molar-refractivity contribution in [2.45, 2.75) is 18.9 Å². The molecule has 3 rings (SSSR count). The molecule has 2 heterocycles. The zero-order valence-corrected chi connectivity index (χ0v) is 15.7. The number of anilines is 1. The predicted molar refractivity (Wildman–Crippen MR) is 101 cm³/mol. The first kappa shape index (κ1) is 18.6. The van der Waals surface area contributed by atoms with Crippen molar-refractivity contribution in [2.75, 3.05) is 39.2 Å². The number of thiazole rings is 1. The average molecular weight is 377 g/mol. The highest BCUT2D eigenvalue weighted by atomic mass is 32.1. The van der Waals surface area contributed by atoms with E-state index in [9.17, 15) is 9.90 Å². The van der Waals surface area contributed by atoms with Gasteiger partial charge in [0.15, 0.2) is 5.13 Å². The van der Waals surface area contributed by atoms with Crippen LogP contribution in [0.25, 0.3) is 11.3 Å². The van der Waals surface area contributed by atoms with Crippen molar-refractivity contribution in [3.8, 4) is 22.8 Å². The normalized spacial score (nSPS) is 15.7. The fraction of sp³-hybridized carbons (Fsp3) is 0.444. The third-order valence-electron chi connectivity index (χ3n) is 4.36. The van der Waals surface area contributed by atoms with E-state index < -0.39 is 0 Å². The Labute approximate surface area is 156 Å². The molecule has 1 saturated heterocycles. The van der Waals surface area contributed by atoms with E-state index in [1.807, 2.05) is 22.4 Å². The Morgan fingerprint density at radius 3 is 2.81 bits per heavy atom. The minimum Gasteiger partial charge on any atom is -0.497 e. The summed E-state index contributed by atoms with van der Waals surface area (Å²) in [5.74, 6) is 1.28. The molecule has 1 aliphatic rings. The molecular weight excluding hydrogens is 354 g/mol. The molecule has 0 radical (unpaired) electrons. The molecule has 2 N–H and O–H groups in total. The van der Waals surface area contributed by atoms with Crippen molar-refractivity contribution in [3.05, 3.63) is 23.6 Å². The second-order valence-corrected chi connectivity index (χ2v) is 7.02. The summed E-state index contributed by atoms with van der Waals surface area (Å²) in [4.78, 5) is 18.8. The Morgan fingerprint density at radius 1 is 1.35 bits per heavy atom. The predicted octanol–water partition coefficient (Wildman–Crippen LogP) is 2.22. The van der Waals surface area contributed by atoms with Crippen molar-refractivity contribution in [2.24, 2.45) is 0 Å². The molecule has 1 aromatic heterocycles. The number of likely N-dealkylation sites (tertiary alicyclic amines) is 1. The summed E-state index contributed by atoms with van der Waals surface area (Å²) in [5, 5.41) is 14.8. The summed E-state index contributed by atoms with van der Waals surface area (Å²) < 4.78 is 10.6. The topological polar surface area (TPSA) is 83.9 Å². The van der Waals surface area contributed by atoms with Crippen LogP contribution in [0.2, 0.25) is 0 Å². The van der Waals surface area contributed by atoms with Crippen LogP contribution in [0, 0.1) is 0 Å². The van der Waals surface area contributed by atoms with Gasteiger partial charge in [0.2, 0.25) is 5.91 Å². The summed E-state index contributed by atoms with van der Waals surface area (Å²) in [7, 11) is 3.21. The molecule has 1 aliphatic heterocycles. The van der Waals surface area contributed by atoms with Gasteiger partial charge < -0.3 is 19.9 Å². The minimum absolute atomic E-state index is 0.0935. The molecule has 0 saturated carbocycles. The van der Waals surface area contributed by atoms with Gasteiger partial charge in [-0.05, 0) is 25.0 Å². The van der Waals surface area contributed by atoms with Crippen molar-refractivity contribution in [3.63, 3.8) is 0 Å². The van der Waals surface area contributed by atoms with Crippen molar-refractivity contribution < 1.29 is 19.4 Å². The van der Waals surface area contributed by atoms with Gasteiger partial charge in [-0.2, -0.15) is 0 Å². The number of benzene rings is 1. The van der Waals surface area contributed by atoms with Crippen LogP contribution in [-0.2, 0) is 4.79 Å². The summed E-state index contributed by atoms with van der Waals surface area (Å²) in [6.07, 6.45) is 1.19. The number of piperidine rings is 1. The molecular formula is C18H23N3O4S. The van der Waals surface area contributed by atoms with Crippen LogP contribution in [-0.4, -0.2) is 60.9 Å². The molecule has 0 spiro atoms. The van der Waals surface area contributed by atoms with Gasteiger partial charge in [0.25, 0.3) is 0 Å². The molecule has 0 atom stereocenters. The highest BCUT2D eigenvalue weighted by Crippen LogP contribution is 2.34. The van der Waals surface area contributed by atoms with E-state index in [0.29, 0.717) is 36.0 Å². The third kappa shape index (κ3) is 4.51. The van der Waals surface area contributed by atoms with Crippen molar-refractivity contribution in [1.82, 2.24) is 9.88 Å². The fourth-order valence-corrected chi connectivity index (χ4v) is 3.63. The number of aliphatic hydroxyl groups excluding tert-OH is 1. The molecule has 140 valence electrons. The molecule has 26 heavy (non-hydrogen) atoms. The quantitative estimate of drug-likeness (QED) is 0.803. The number of carbonyl (C=O) groups is 1. The number of aliphatic hydroxyl groups is 1. The number of carbonyl (C=O) groups excluding carboxylic acids is 1. The lowest BCUT2D eigenvalue weighted by atomic mass is 10.1. The fourth-order valence-electron chi connectivity index (χ4n) is 2.90. The number of methoxy groups -OCH3 is 2. The Bertz CT molecular complexity index is 757. The van der Waals surface area contributed by atoms with Gasteiger partial charge in [-0.15, -0.1) is 11.3 Å². The van der Waals surface area contributed by atoms with Crippen molar-refractivity contribution >= 4 is 22.4 Å². The first-order chi connectivity index (χ1) is 12.6. The zero-order chi connectivity index (χ0) is 18.5. The summed E-state index contributed by atoms with van der Waals surface area (Å²) in [6.45, 7) is 1.79. The first-order valence-electron chi connectivity index (χ1n) is 8.47. The number of nitrogens with zero attached hydrogens (tertiary/aromatic N) is 2. The number of aromatic nitrogens is 1. The average Bonchev–Trinajstić information content (AvgIpc) is 3.11. The number of nitrogens with one attached hydrogen (secondary N) is 1. The van der Waals surface area contributed by atoms with Crippen LogP contribution < -0.4 is 14.8 Å². The van der Waals surface area contributed by atoms with E-state index in [0.717, 1.165) is 24.3 Å². The summed E-state index contributed by atoms with van der Waals surface area (Å²) in [5.41, 5.74) is 1.58. The third-order valence-corrected chi connectivity index (χ3v) is 5.12. The van der Waals surface area contributed by atoms with Crippen LogP contribution in [0.15, 0.2) is 23.6 Å². The van der Waals surface area contributed by atoms with Gasteiger partial charge >= 0.3 is 0 Å². The lowest BCUT2D eigenvalue weighted by molar-refractivity contribution is -0.117. The lowest BCUT2D eigenvalue weighted by Gasteiger charge is -2.28. The molecule has 0 bridgehead atoms. The van der Waals surface area contributed by atoms with Gasteiger partial charge in [0.1, 0.15) is 11.5 Å². The number of hydrogen-bond acceptors (Lipinski definition) is 7. The van der Waals surface area contributed by atoms with Gasteiger partial charge in [0, 0.05) is 30.1 Å². The molecule has 1 amide bonds. The van der Waals surface area contributed by atoms with E-state index in [4.69, 9.17) is 9.47 Å². The minimum atomic E-state index is -0.240. The van der Waals surface area contributed by atoms with Crippen molar-refractivity contribution in [1.29, 1.82) is 0 Å². The van der Waals surface area contributed by atoms with E-state index in [1.165, 1.54) is 11.3 Å². The Morgan fingerprint density at radius 2 is 2.12 bits per heavy atom. The van der Waals surface area contributed by atoms with Crippen LogP contribution in [0.4, 0.5) is 5.13 Å². The smallest absolute Gasteiger partial charge is 0.240 e. The zero-order valence-electron chi connectivity index (χ0n) is 14.9. The first-order valence-corrected chi connectivity index (χ1v) is 9.35. The molecule has 8 heteroatoms. The second-order valence-electron chi connectivity index (χ2n) is 6.16. The molecule has 1 fully saturated rings. The summed E-state index contributed by atoms with van der Waals surface area (Å²) in [6, 6.07) is 5.54. The number of amides is 1. The highest BCUT2D eigenvalue weighted by Gasteiger charge is 2.19. The molecule has 7 nitrogen and oxygen atoms in total. The van der Waals surface area contributed by atoms with Gasteiger partial charge in [0.05, 0.1) is 32.6 Å². The van der Waals surface area contributed by atoms with E-state index in [2.05, 4.69) is 10.3 Å². The Kier molecular flexibility index (Phi) is 6.08. The highest BCUT2D eigenvalue weighted by molar-refractivity contribution is 7.14. The van der Waals surface area contributed by atoms with Gasteiger partial charge in [-0.1, -0.05) is 0 Å². The number of rotatable bonds is 6. The maximum atomic E-state index is 12.2. The molecule has 0 aliphatic carbocycles. The van der Waals surface area contributed by atoms with Gasteiger partial charge in [-0.25, -0.2) is 4.98 Å². The summed E-state index contributed by atoms with van der Waals surface area (Å²) >= 11 is 1.38. The van der Waals surface area contributed by atoms with Gasteiger partial charge in [-0.3, -0.25) is 9.69 Å². The standard InChI is InChI=1S/C18H23N3O4S/c1-24-13-3-4-14(16(9-13)25-2)15-11-26-18(19-15)20-17(23)10-21-7-5-12(22)6-8-21/h3-4,9,11-12,22H,5-8,10H2,1-2H3,(H,19,20,23). The monoisotopic (exact) mass is 377 g/mol. The maximum absolute atomic E-state index is 12.2. The van der Waals surface area contributed by atoms with Crippen LogP contribution in [0.1, 0.15) is 12.8 Å².